The van der Waals surface area contributed by atoms with Crippen molar-refractivity contribution in [1.29, 1.82) is 0 Å². The normalized spacial score (nSPS) is 11.0. The van der Waals surface area contributed by atoms with E-state index in [1.807, 2.05) is 41.8 Å². The van der Waals surface area contributed by atoms with E-state index in [4.69, 9.17) is 4.74 Å². The van der Waals surface area contributed by atoms with Gasteiger partial charge in [-0.25, -0.2) is 4.79 Å². The van der Waals surface area contributed by atoms with E-state index < -0.39 is 5.97 Å². The number of amides is 1. The highest BCUT2D eigenvalue weighted by Crippen LogP contribution is 2.15. The number of rotatable bonds is 7. The number of benzene rings is 1. The fraction of sp³-hybridized carbons (Fsp3) is 0.263. The fourth-order valence-electron chi connectivity index (χ4n) is 1.99. The van der Waals surface area contributed by atoms with Gasteiger partial charge < -0.3 is 10.1 Å². The van der Waals surface area contributed by atoms with Crippen LogP contribution in [-0.2, 0) is 20.9 Å². The molecule has 5 heteroatoms. The molecule has 0 radical (unpaired) electrons. The molecule has 0 bridgehead atoms. The molecule has 2 rings (SSSR count). The minimum absolute atomic E-state index is 0.277. The number of hydrogen-bond donors (Lipinski definition) is 1. The molecule has 0 spiro atoms. The lowest BCUT2D eigenvalue weighted by Crippen LogP contribution is -2.27. The third kappa shape index (κ3) is 6.01. The van der Waals surface area contributed by atoms with Crippen LogP contribution in [0.5, 0.6) is 0 Å². The zero-order valence-corrected chi connectivity index (χ0v) is 14.6. The Bertz CT molecular complexity index is 688. The van der Waals surface area contributed by atoms with Crippen molar-refractivity contribution in [3.8, 4) is 0 Å². The second-order valence-electron chi connectivity index (χ2n) is 5.62. The maximum absolute atomic E-state index is 11.6. The Morgan fingerprint density at radius 2 is 1.96 bits per heavy atom. The molecular weight excluding hydrogens is 322 g/mol. The van der Waals surface area contributed by atoms with Crippen LogP contribution in [0.1, 0.15) is 35.8 Å². The zero-order valence-electron chi connectivity index (χ0n) is 13.8. The van der Waals surface area contributed by atoms with Crippen LogP contribution in [0.15, 0.2) is 47.9 Å². The van der Waals surface area contributed by atoms with Gasteiger partial charge in [-0.05, 0) is 34.6 Å². The molecule has 0 fully saturated rings. The monoisotopic (exact) mass is 343 g/mol. The first-order valence-corrected chi connectivity index (χ1v) is 8.66. The van der Waals surface area contributed by atoms with Crippen molar-refractivity contribution in [3.63, 3.8) is 0 Å². The van der Waals surface area contributed by atoms with Crippen LogP contribution in [0.25, 0.3) is 6.08 Å². The minimum atomic E-state index is -0.533. The van der Waals surface area contributed by atoms with Gasteiger partial charge in [0.1, 0.15) is 0 Å². The summed E-state index contributed by atoms with van der Waals surface area (Å²) in [7, 11) is 0. The van der Waals surface area contributed by atoms with Crippen molar-refractivity contribution < 1.29 is 14.3 Å². The van der Waals surface area contributed by atoms with E-state index in [-0.39, 0.29) is 12.5 Å². The Balaban J connectivity index is 1.72. The molecule has 4 nitrogen and oxygen atoms in total. The predicted molar refractivity (Wildman–Crippen MR) is 96.7 cm³/mol. The van der Waals surface area contributed by atoms with Crippen molar-refractivity contribution in [2.24, 2.45) is 0 Å². The van der Waals surface area contributed by atoms with Crippen molar-refractivity contribution in [2.75, 3.05) is 6.61 Å². The second-order valence-corrected chi connectivity index (χ2v) is 6.65. The number of nitrogens with one attached hydrogen (secondary N) is 1. The largest absolute Gasteiger partial charge is 0.452 e. The smallest absolute Gasteiger partial charge is 0.331 e. The molecule has 0 aliphatic rings. The first kappa shape index (κ1) is 17.9. The average Bonchev–Trinajstić information content (AvgIpc) is 3.10. The van der Waals surface area contributed by atoms with Gasteiger partial charge in [-0.15, -0.1) is 11.3 Å². The summed E-state index contributed by atoms with van der Waals surface area (Å²) in [5.74, 6) is -0.374. The van der Waals surface area contributed by atoms with Crippen molar-refractivity contribution in [2.45, 2.75) is 26.3 Å². The van der Waals surface area contributed by atoms with Crippen molar-refractivity contribution in [3.05, 3.63) is 63.9 Å². The number of carbonyl (C=O) groups is 2. The topological polar surface area (TPSA) is 55.4 Å². The molecule has 0 atom stereocenters. The van der Waals surface area contributed by atoms with E-state index >= 15 is 0 Å². The molecule has 1 heterocycles. The molecule has 0 aliphatic heterocycles. The third-order valence-electron chi connectivity index (χ3n) is 3.40. The molecule has 1 aromatic heterocycles. The molecule has 2 aromatic rings. The van der Waals surface area contributed by atoms with Crippen LogP contribution in [0.2, 0.25) is 0 Å². The molecule has 0 saturated heterocycles. The molecular formula is C19H21NO3S. The van der Waals surface area contributed by atoms with Gasteiger partial charge in [-0.3, -0.25) is 4.79 Å². The molecule has 0 aliphatic carbocycles. The highest BCUT2D eigenvalue weighted by Gasteiger charge is 2.05. The number of thiophene rings is 1. The van der Waals surface area contributed by atoms with E-state index in [1.165, 1.54) is 11.6 Å². The van der Waals surface area contributed by atoms with E-state index in [2.05, 4.69) is 19.2 Å². The van der Waals surface area contributed by atoms with Crippen molar-refractivity contribution in [1.82, 2.24) is 5.32 Å². The number of esters is 1. The standard InChI is InChI=1S/C19H21NO3S/c1-14(2)16-8-5-15(6-9-16)7-10-19(22)23-13-18(21)20-12-17-4-3-11-24-17/h3-11,14H,12-13H2,1-2H3,(H,20,21)/b10-7+. The fourth-order valence-corrected chi connectivity index (χ4v) is 2.64. The first-order chi connectivity index (χ1) is 11.5. The molecule has 1 N–H and O–H groups in total. The zero-order chi connectivity index (χ0) is 17.4. The maximum Gasteiger partial charge on any atom is 0.331 e. The summed E-state index contributed by atoms with van der Waals surface area (Å²) in [5, 5.41) is 4.65. The van der Waals surface area contributed by atoms with Gasteiger partial charge in [0, 0.05) is 11.0 Å². The third-order valence-corrected chi connectivity index (χ3v) is 4.28. The molecule has 24 heavy (non-hydrogen) atoms. The number of carbonyl (C=O) groups excluding carboxylic acids is 2. The SMILES string of the molecule is CC(C)c1ccc(/C=C/C(=O)OCC(=O)NCc2cccs2)cc1. The van der Waals surface area contributed by atoms with Gasteiger partial charge in [0.25, 0.3) is 5.91 Å². The van der Waals surface area contributed by atoms with Gasteiger partial charge in [0.15, 0.2) is 6.61 Å². The van der Waals surface area contributed by atoms with Crippen LogP contribution in [0.3, 0.4) is 0 Å². The summed E-state index contributed by atoms with van der Waals surface area (Å²) in [5.41, 5.74) is 2.16. The summed E-state index contributed by atoms with van der Waals surface area (Å²) in [6.07, 6.45) is 3.01. The highest BCUT2D eigenvalue weighted by atomic mass is 32.1. The Hall–Kier alpha value is -2.40. The second kappa shape index (κ2) is 9.03. The van der Waals surface area contributed by atoms with E-state index in [0.29, 0.717) is 12.5 Å². The summed E-state index contributed by atoms with van der Waals surface area (Å²) in [4.78, 5) is 24.3. The lowest BCUT2D eigenvalue weighted by Gasteiger charge is -2.05. The highest BCUT2D eigenvalue weighted by molar-refractivity contribution is 7.09. The van der Waals surface area contributed by atoms with Gasteiger partial charge in [-0.2, -0.15) is 0 Å². The molecule has 1 aromatic carbocycles. The van der Waals surface area contributed by atoms with Crippen LogP contribution >= 0.6 is 11.3 Å². The Kier molecular flexibility index (Phi) is 6.75. The van der Waals surface area contributed by atoms with Gasteiger partial charge in [-0.1, -0.05) is 44.2 Å². The average molecular weight is 343 g/mol. The molecule has 0 saturated carbocycles. The van der Waals surface area contributed by atoms with Crippen LogP contribution in [-0.4, -0.2) is 18.5 Å². The molecule has 126 valence electrons. The van der Waals surface area contributed by atoms with Gasteiger partial charge >= 0.3 is 5.97 Å². The lowest BCUT2D eigenvalue weighted by molar-refractivity contribution is -0.143. The van der Waals surface area contributed by atoms with Crippen molar-refractivity contribution >= 4 is 29.3 Å². The van der Waals surface area contributed by atoms with Crippen LogP contribution in [0, 0.1) is 0 Å². The quantitative estimate of drug-likeness (QED) is 0.615. The van der Waals surface area contributed by atoms with E-state index in [0.717, 1.165) is 10.4 Å². The summed E-state index contributed by atoms with van der Waals surface area (Å²) < 4.78 is 4.92. The van der Waals surface area contributed by atoms with Crippen LogP contribution in [0.4, 0.5) is 0 Å². The van der Waals surface area contributed by atoms with E-state index in [9.17, 15) is 9.59 Å². The van der Waals surface area contributed by atoms with E-state index in [1.54, 1.807) is 17.4 Å². The number of ether oxygens (including phenoxy) is 1. The molecule has 1 amide bonds. The molecule has 0 unspecified atom stereocenters. The van der Waals surface area contributed by atoms with Gasteiger partial charge in [0.05, 0.1) is 6.54 Å². The summed E-state index contributed by atoms with van der Waals surface area (Å²) in [6.45, 7) is 4.43. The first-order valence-electron chi connectivity index (χ1n) is 7.78. The lowest BCUT2D eigenvalue weighted by atomic mass is 10.0. The Morgan fingerprint density at radius 3 is 2.58 bits per heavy atom. The summed E-state index contributed by atoms with van der Waals surface area (Å²) >= 11 is 1.56. The predicted octanol–water partition coefficient (Wildman–Crippen LogP) is 3.74. The Morgan fingerprint density at radius 1 is 1.21 bits per heavy atom. The van der Waals surface area contributed by atoms with Crippen LogP contribution < -0.4 is 5.32 Å². The minimum Gasteiger partial charge on any atom is -0.452 e. The Labute approximate surface area is 146 Å². The maximum atomic E-state index is 11.6. The summed E-state index contributed by atoms with van der Waals surface area (Å²) in [6, 6.07) is 11.8. The van der Waals surface area contributed by atoms with Gasteiger partial charge in [0.2, 0.25) is 0 Å². The number of hydrogen-bond acceptors (Lipinski definition) is 4.